The highest BCUT2D eigenvalue weighted by Gasteiger charge is 2.34. The van der Waals surface area contributed by atoms with Gasteiger partial charge in [-0.05, 0) is 44.4 Å². The lowest BCUT2D eigenvalue weighted by molar-refractivity contribution is -0.896. The maximum atomic E-state index is 12.5. The molecule has 1 fully saturated rings. The van der Waals surface area contributed by atoms with Crippen LogP contribution >= 0.6 is 0 Å². The predicted octanol–water partition coefficient (Wildman–Crippen LogP) is 0.917. The first kappa shape index (κ1) is 21.2. The Hall–Kier alpha value is -2.54. The number of piperazine rings is 1. The Labute approximate surface area is 173 Å². The number of carbonyl (C=O) groups excluding carboxylic acids is 2. The number of esters is 1. The minimum absolute atomic E-state index is 0.242. The summed E-state index contributed by atoms with van der Waals surface area (Å²) in [6.07, 6.45) is 0.654. The number of hydrogen-bond donors (Lipinski definition) is 3. The van der Waals surface area contributed by atoms with E-state index in [-0.39, 0.29) is 18.0 Å². The Morgan fingerprint density at radius 1 is 1.24 bits per heavy atom. The summed E-state index contributed by atoms with van der Waals surface area (Å²) in [5.74, 6) is -0.338. The average Bonchev–Trinajstić information content (AvgIpc) is 2.70. The van der Waals surface area contributed by atoms with Crippen molar-refractivity contribution in [3.05, 3.63) is 40.6 Å². The average molecular weight is 402 g/mol. The zero-order valence-electron chi connectivity index (χ0n) is 17.9. The normalized spacial score (nSPS) is 20.3. The van der Waals surface area contributed by atoms with E-state index >= 15 is 0 Å². The van der Waals surface area contributed by atoms with Crippen molar-refractivity contribution in [1.29, 1.82) is 0 Å². The molecule has 2 amide bonds. The zero-order chi connectivity index (χ0) is 21.0. The van der Waals surface area contributed by atoms with E-state index in [2.05, 4.69) is 47.6 Å². The van der Waals surface area contributed by atoms with Crippen LogP contribution in [-0.4, -0.2) is 57.4 Å². The molecule has 158 valence electrons. The minimum atomic E-state index is -0.338. The number of quaternary nitrogens is 1. The van der Waals surface area contributed by atoms with Gasteiger partial charge in [0, 0.05) is 5.69 Å². The number of rotatable bonds is 6. The number of benzene rings is 1. The zero-order valence-corrected chi connectivity index (χ0v) is 17.9. The van der Waals surface area contributed by atoms with Gasteiger partial charge in [-0.3, -0.25) is 0 Å². The molecule has 0 bridgehead atoms. The quantitative estimate of drug-likeness (QED) is 0.620. The monoisotopic (exact) mass is 401 g/mol. The molecule has 3 N–H and O–H groups in total. The van der Waals surface area contributed by atoms with E-state index in [0.29, 0.717) is 30.8 Å². The molecule has 0 spiro atoms. The van der Waals surface area contributed by atoms with Crippen molar-refractivity contribution in [1.82, 2.24) is 10.6 Å². The lowest BCUT2D eigenvalue weighted by Gasteiger charge is -2.36. The highest BCUT2D eigenvalue weighted by atomic mass is 16.5. The molecule has 0 aliphatic carbocycles. The van der Waals surface area contributed by atoms with Crippen LogP contribution in [0.4, 0.5) is 10.5 Å². The lowest BCUT2D eigenvalue weighted by Crippen LogP contribution is -3.15. The largest absolute Gasteiger partial charge is 0.463 e. The first-order chi connectivity index (χ1) is 13.9. The third-order valence-corrected chi connectivity index (χ3v) is 5.96. The van der Waals surface area contributed by atoms with E-state index < -0.39 is 0 Å². The number of aryl methyl sites for hydroxylation is 1. The highest BCUT2D eigenvalue weighted by molar-refractivity contribution is 5.94. The van der Waals surface area contributed by atoms with E-state index in [1.54, 1.807) is 6.92 Å². The van der Waals surface area contributed by atoms with Gasteiger partial charge in [0.1, 0.15) is 6.54 Å². The molecule has 3 rings (SSSR count). The van der Waals surface area contributed by atoms with Gasteiger partial charge in [-0.15, -0.1) is 0 Å². The summed E-state index contributed by atoms with van der Waals surface area (Å²) < 4.78 is 5.26. The first-order valence-electron chi connectivity index (χ1n) is 10.6. The molecule has 7 heteroatoms. The molecule has 0 unspecified atom stereocenters. The Kier molecular flexibility index (Phi) is 6.79. The van der Waals surface area contributed by atoms with Gasteiger partial charge in [0.25, 0.3) is 0 Å². The molecule has 7 nitrogen and oxygen atoms in total. The van der Waals surface area contributed by atoms with E-state index in [1.165, 1.54) is 21.7 Å². The summed E-state index contributed by atoms with van der Waals surface area (Å²) in [4.78, 5) is 28.4. The predicted molar refractivity (Wildman–Crippen MR) is 113 cm³/mol. The van der Waals surface area contributed by atoms with Crippen molar-refractivity contribution in [2.24, 2.45) is 0 Å². The Morgan fingerprint density at radius 2 is 1.97 bits per heavy atom. The third-order valence-electron chi connectivity index (χ3n) is 5.96. The molecule has 1 atom stereocenters. The Balaban J connectivity index is 1.72. The maximum Gasteiger partial charge on any atom is 0.338 e. The van der Waals surface area contributed by atoms with Crippen molar-refractivity contribution >= 4 is 17.7 Å². The standard InChI is InChI=1S/C22H32N4O3/c1-5-17-20(21(27)29-6-2)18(24-22(28)23-17)14-25-10-12-26(13-11-25)19-9-7-8-15(3)16(19)4/h7-9,17H,5-6,10-14H2,1-4H3,(H2,23,24,28)/p+1/t17-/m0/s1. The molecular formula is C22H33N4O3+. The van der Waals surface area contributed by atoms with Gasteiger partial charge in [-0.2, -0.15) is 0 Å². The van der Waals surface area contributed by atoms with Crippen LogP contribution in [0.15, 0.2) is 29.5 Å². The molecule has 0 radical (unpaired) electrons. The molecule has 29 heavy (non-hydrogen) atoms. The van der Waals surface area contributed by atoms with Crippen molar-refractivity contribution < 1.29 is 19.2 Å². The summed E-state index contributed by atoms with van der Waals surface area (Å²) in [7, 11) is 0. The molecule has 2 heterocycles. The van der Waals surface area contributed by atoms with Crippen molar-refractivity contribution in [2.75, 3.05) is 44.2 Å². The molecule has 2 aliphatic rings. The second-order valence-corrected chi connectivity index (χ2v) is 7.80. The van der Waals surface area contributed by atoms with Gasteiger partial charge in [-0.25, -0.2) is 9.59 Å². The summed E-state index contributed by atoms with van der Waals surface area (Å²) in [6, 6.07) is 5.91. The molecule has 2 aliphatic heterocycles. The summed E-state index contributed by atoms with van der Waals surface area (Å²) in [6.45, 7) is 12.8. The third kappa shape index (κ3) is 4.72. The van der Waals surface area contributed by atoms with Crippen LogP contribution in [0.25, 0.3) is 0 Å². The molecule has 1 aromatic carbocycles. The van der Waals surface area contributed by atoms with Crippen LogP contribution in [0.5, 0.6) is 0 Å². The molecule has 0 aromatic heterocycles. The van der Waals surface area contributed by atoms with Gasteiger partial charge in [0.15, 0.2) is 0 Å². The van der Waals surface area contributed by atoms with Gasteiger partial charge < -0.3 is 25.2 Å². The van der Waals surface area contributed by atoms with Crippen LogP contribution in [0.1, 0.15) is 31.4 Å². The lowest BCUT2D eigenvalue weighted by atomic mass is 9.99. The minimum Gasteiger partial charge on any atom is -0.463 e. The summed E-state index contributed by atoms with van der Waals surface area (Å²) >= 11 is 0. The van der Waals surface area contributed by atoms with Gasteiger partial charge in [0.2, 0.25) is 0 Å². The highest BCUT2D eigenvalue weighted by Crippen LogP contribution is 2.22. The van der Waals surface area contributed by atoms with E-state index in [1.807, 2.05) is 6.92 Å². The molecule has 1 saturated heterocycles. The number of urea groups is 1. The number of anilines is 1. The summed E-state index contributed by atoms with van der Waals surface area (Å²) in [5, 5.41) is 5.71. The van der Waals surface area contributed by atoms with Crippen molar-refractivity contribution in [3.8, 4) is 0 Å². The number of nitrogens with zero attached hydrogens (tertiary/aromatic N) is 1. The van der Waals surface area contributed by atoms with Crippen LogP contribution < -0.4 is 20.4 Å². The SMILES string of the molecule is CCOC(=O)C1=C(C[NH+]2CCN(c3cccc(C)c3C)CC2)NC(=O)N[C@H]1CC. The van der Waals surface area contributed by atoms with Gasteiger partial charge in [-0.1, -0.05) is 19.1 Å². The van der Waals surface area contributed by atoms with Crippen LogP contribution in [0.2, 0.25) is 0 Å². The fourth-order valence-corrected chi connectivity index (χ4v) is 4.17. The fourth-order valence-electron chi connectivity index (χ4n) is 4.17. The van der Waals surface area contributed by atoms with E-state index in [9.17, 15) is 9.59 Å². The van der Waals surface area contributed by atoms with Gasteiger partial charge >= 0.3 is 12.0 Å². The maximum absolute atomic E-state index is 12.5. The van der Waals surface area contributed by atoms with Crippen LogP contribution in [0.3, 0.4) is 0 Å². The number of hydrogen-bond acceptors (Lipinski definition) is 4. The molecular weight excluding hydrogens is 368 g/mol. The summed E-state index contributed by atoms with van der Waals surface area (Å²) in [5.41, 5.74) is 5.22. The first-order valence-corrected chi connectivity index (χ1v) is 10.6. The van der Waals surface area contributed by atoms with Crippen molar-refractivity contribution in [3.63, 3.8) is 0 Å². The number of nitrogens with one attached hydrogen (secondary N) is 3. The number of amides is 2. The smallest absolute Gasteiger partial charge is 0.338 e. The number of carbonyl (C=O) groups is 2. The van der Waals surface area contributed by atoms with Crippen molar-refractivity contribution in [2.45, 2.75) is 40.2 Å². The Morgan fingerprint density at radius 3 is 2.62 bits per heavy atom. The topological polar surface area (TPSA) is 75.1 Å². The second kappa shape index (κ2) is 9.31. The molecule has 1 aromatic rings. The van der Waals surface area contributed by atoms with Crippen LogP contribution in [-0.2, 0) is 9.53 Å². The number of ether oxygens (including phenoxy) is 1. The van der Waals surface area contributed by atoms with E-state index in [4.69, 9.17) is 4.74 Å². The second-order valence-electron chi connectivity index (χ2n) is 7.80. The van der Waals surface area contributed by atoms with Crippen LogP contribution in [0, 0.1) is 13.8 Å². The van der Waals surface area contributed by atoms with E-state index in [0.717, 1.165) is 26.2 Å². The molecule has 0 saturated carbocycles. The Bertz CT molecular complexity index is 797. The fraction of sp³-hybridized carbons (Fsp3) is 0.545. The van der Waals surface area contributed by atoms with Gasteiger partial charge in [0.05, 0.1) is 50.1 Å².